The Bertz CT molecular complexity index is 531. The van der Waals surface area contributed by atoms with Crippen molar-refractivity contribution in [3.63, 3.8) is 0 Å². The Morgan fingerprint density at radius 3 is 2.50 bits per heavy atom. The van der Waals surface area contributed by atoms with Gasteiger partial charge in [0, 0.05) is 32.2 Å². The van der Waals surface area contributed by atoms with Gasteiger partial charge in [0.2, 0.25) is 5.91 Å². The van der Waals surface area contributed by atoms with Crippen molar-refractivity contribution in [2.45, 2.75) is 6.42 Å². The minimum atomic E-state index is 0.0884. The predicted octanol–water partition coefficient (Wildman–Crippen LogP) is 0.852. The molecule has 0 spiro atoms. The van der Waals surface area contributed by atoms with Crippen molar-refractivity contribution in [3.05, 3.63) is 24.3 Å². The average Bonchev–Trinajstić information content (AvgIpc) is 2.55. The van der Waals surface area contributed by atoms with Crippen molar-refractivity contribution in [1.29, 1.82) is 0 Å². The van der Waals surface area contributed by atoms with Crippen LogP contribution in [0.4, 0.5) is 0 Å². The third-order valence-corrected chi connectivity index (χ3v) is 3.83. The summed E-state index contributed by atoms with van der Waals surface area (Å²) in [5.41, 5.74) is 5.58. The maximum Gasteiger partial charge on any atom is 0.226 e. The highest BCUT2D eigenvalue weighted by Gasteiger charge is 2.21. The van der Waals surface area contributed by atoms with Gasteiger partial charge in [-0.05, 0) is 24.4 Å². The van der Waals surface area contributed by atoms with Crippen LogP contribution in [0.1, 0.15) is 6.42 Å². The predicted molar refractivity (Wildman–Crippen MR) is 88.0 cm³/mol. The van der Waals surface area contributed by atoms with Gasteiger partial charge in [0.05, 0.1) is 20.1 Å². The van der Waals surface area contributed by atoms with E-state index in [4.69, 9.17) is 27.4 Å². The van der Waals surface area contributed by atoms with Crippen LogP contribution in [0, 0.1) is 0 Å². The van der Waals surface area contributed by atoms with Gasteiger partial charge in [-0.3, -0.25) is 4.79 Å². The number of nitrogens with zero attached hydrogens (tertiary/aromatic N) is 2. The van der Waals surface area contributed by atoms with E-state index in [0.717, 1.165) is 5.75 Å². The van der Waals surface area contributed by atoms with Crippen LogP contribution in [-0.4, -0.2) is 60.7 Å². The van der Waals surface area contributed by atoms with Gasteiger partial charge in [-0.25, -0.2) is 0 Å². The molecule has 1 aromatic rings. The molecule has 1 aromatic carbocycles. The van der Waals surface area contributed by atoms with Gasteiger partial charge in [-0.1, -0.05) is 6.07 Å². The van der Waals surface area contributed by atoms with Crippen LogP contribution in [0.25, 0.3) is 0 Å². The summed E-state index contributed by atoms with van der Waals surface area (Å²) in [6.45, 7) is 3.03. The third-order valence-electron chi connectivity index (χ3n) is 3.57. The first kappa shape index (κ1) is 16.4. The molecule has 6 nitrogen and oxygen atoms in total. The van der Waals surface area contributed by atoms with E-state index in [-0.39, 0.29) is 5.91 Å². The van der Waals surface area contributed by atoms with E-state index in [9.17, 15) is 4.79 Å². The molecule has 1 fully saturated rings. The second-order valence-electron chi connectivity index (χ2n) is 4.98. The summed E-state index contributed by atoms with van der Waals surface area (Å²) < 4.78 is 10.7. The molecular weight excluding hydrogens is 302 g/mol. The number of carbonyl (C=O) groups is 1. The lowest BCUT2D eigenvalue weighted by Gasteiger charge is -2.35. The highest BCUT2D eigenvalue weighted by molar-refractivity contribution is 7.80. The van der Waals surface area contributed by atoms with Crippen molar-refractivity contribution in [3.8, 4) is 11.5 Å². The fourth-order valence-electron chi connectivity index (χ4n) is 2.28. The number of hydrogen-bond acceptors (Lipinski definition) is 4. The number of carbonyl (C=O) groups excluding carboxylic acids is 1. The smallest absolute Gasteiger partial charge is 0.226 e. The lowest BCUT2D eigenvalue weighted by Crippen LogP contribution is -2.52. The third kappa shape index (κ3) is 4.49. The molecule has 2 rings (SSSR count). The molecule has 0 unspecified atom stereocenters. The van der Waals surface area contributed by atoms with Gasteiger partial charge in [-0.2, -0.15) is 0 Å². The van der Waals surface area contributed by atoms with E-state index in [1.54, 1.807) is 13.2 Å². The highest BCUT2D eigenvalue weighted by atomic mass is 32.1. The number of hydrogen-bond donors (Lipinski definition) is 1. The number of benzene rings is 1. The number of piperazine rings is 1. The second-order valence-corrected chi connectivity index (χ2v) is 5.40. The van der Waals surface area contributed by atoms with Crippen molar-refractivity contribution < 1.29 is 14.3 Å². The number of nitrogens with two attached hydrogens (primary N) is 1. The Labute approximate surface area is 135 Å². The molecule has 1 saturated heterocycles. The molecule has 1 heterocycles. The van der Waals surface area contributed by atoms with Gasteiger partial charge >= 0.3 is 0 Å². The van der Waals surface area contributed by atoms with Crippen molar-refractivity contribution in [2.24, 2.45) is 5.73 Å². The molecule has 1 aliphatic rings. The molecule has 0 aromatic heterocycles. The van der Waals surface area contributed by atoms with E-state index in [0.29, 0.717) is 50.1 Å². The fourth-order valence-corrected chi connectivity index (χ4v) is 2.46. The molecule has 7 heteroatoms. The monoisotopic (exact) mass is 323 g/mol. The summed E-state index contributed by atoms with van der Waals surface area (Å²) in [5.74, 6) is 1.52. The van der Waals surface area contributed by atoms with Crippen molar-refractivity contribution in [1.82, 2.24) is 9.80 Å². The van der Waals surface area contributed by atoms with Gasteiger partial charge in [-0.15, -0.1) is 0 Å². The fraction of sp³-hybridized carbons (Fsp3) is 0.467. The first-order valence-electron chi connectivity index (χ1n) is 7.19. The Balaban J connectivity index is 1.73. The Morgan fingerprint density at radius 1 is 1.23 bits per heavy atom. The van der Waals surface area contributed by atoms with Crippen molar-refractivity contribution >= 4 is 23.2 Å². The zero-order valence-corrected chi connectivity index (χ0v) is 13.5. The summed E-state index contributed by atoms with van der Waals surface area (Å²) in [4.78, 5) is 15.9. The van der Waals surface area contributed by atoms with Crippen LogP contribution in [0.5, 0.6) is 11.5 Å². The minimum absolute atomic E-state index is 0.0884. The summed E-state index contributed by atoms with van der Waals surface area (Å²) >= 11 is 4.93. The Hall–Kier alpha value is -2.02. The van der Waals surface area contributed by atoms with Gasteiger partial charge in [0.25, 0.3) is 0 Å². The van der Waals surface area contributed by atoms with Crippen LogP contribution < -0.4 is 15.2 Å². The molecule has 0 aliphatic carbocycles. The number of thiocarbonyl (C=S) groups is 1. The lowest BCUT2D eigenvalue weighted by atomic mass is 10.3. The first-order valence-corrected chi connectivity index (χ1v) is 7.60. The van der Waals surface area contributed by atoms with Crippen molar-refractivity contribution in [2.75, 3.05) is 39.9 Å². The molecule has 120 valence electrons. The Kier molecular flexibility index (Phi) is 5.83. The van der Waals surface area contributed by atoms with Crippen LogP contribution >= 0.6 is 12.2 Å². The normalized spacial score (nSPS) is 14.6. The van der Waals surface area contributed by atoms with Crippen LogP contribution in [0.15, 0.2) is 24.3 Å². The van der Waals surface area contributed by atoms with Crippen LogP contribution in [0.2, 0.25) is 0 Å². The topological polar surface area (TPSA) is 68.0 Å². The van der Waals surface area contributed by atoms with Gasteiger partial charge in [0.15, 0.2) is 5.11 Å². The standard InChI is InChI=1S/C15H21N3O3S/c1-20-12-3-2-4-13(11-12)21-10-5-14(19)17-6-8-18(9-7-17)15(16)22/h2-4,11H,5-10H2,1H3,(H2,16,22). The molecule has 1 amide bonds. The largest absolute Gasteiger partial charge is 0.497 e. The molecule has 0 saturated carbocycles. The first-order chi connectivity index (χ1) is 10.6. The molecule has 0 bridgehead atoms. The van der Waals surface area contributed by atoms with E-state index < -0.39 is 0 Å². The summed E-state index contributed by atoms with van der Waals surface area (Å²) in [5, 5.41) is 0.397. The zero-order chi connectivity index (χ0) is 15.9. The molecule has 0 atom stereocenters. The molecule has 22 heavy (non-hydrogen) atoms. The average molecular weight is 323 g/mol. The number of rotatable bonds is 5. The molecule has 1 aliphatic heterocycles. The van der Waals surface area contributed by atoms with E-state index in [1.165, 1.54) is 0 Å². The maximum atomic E-state index is 12.1. The second kappa shape index (κ2) is 7.84. The number of ether oxygens (including phenoxy) is 2. The minimum Gasteiger partial charge on any atom is -0.497 e. The number of amides is 1. The van der Waals surface area contributed by atoms with E-state index in [1.807, 2.05) is 28.0 Å². The van der Waals surface area contributed by atoms with Crippen LogP contribution in [0.3, 0.4) is 0 Å². The van der Waals surface area contributed by atoms with E-state index >= 15 is 0 Å². The van der Waals surface area contributed by atoms with E-state index in [2.05, 4.69) is 0 Å². The quantitative estimate of drug-likeness (QED) is 0.811. The molecule has 2 N–H and O–H groups in total. The zero-order valence-electron chi connectivity index (χ0n) is 12.7. The summed E-state index contributed by atoms with van der Waals surface area (Å²) in [6.07, 6.45) is 0.351. The highest BCUT2D eigenvalue weighted by Crippen LogP contribution is 2.19. The lowest BCUT2D eigenvalue weighted by molar-refractivity contribution is -0.132. The molecule has 0 radical (unpaired) electrons. The Morgan fingerprint density at radius 2 is 1.86 bits per heavy atom. The molecular formula is C15H21N3O3S. The summed E-state index contributed by atoms with van der Waals surface area (Å²) in [6, 6.07) is 7.34. The summed E-state index contributed by atoms with van der Waals surface area (Å²) in [7, 11) is 1.61. The van der Waals surface area contributed by atoms with Crippen LogP contribution in [-0.2, 0) is 4.79 Å². The maximum absolute atomic E-state index is 12.1. The number of methoxy groups -OCH3 is 1. The SMILES string of the molecule is COc1cccc(OCCC(=O)N2CCN(C(N)=S)CC2)c1. The van der Waals surface area contributed by atoms with Gasteiger partial charge in [0.1, 0.15) is 11.5 Å². The van der Waals surface area contributed by atoms with Gasteiger partial charge < -0.3 is 25.0 Å².